The van der Waals surface area contributed by atoms with Crippen molar-refractivity contribution in [2.24, 2.45) is 0 Å². The van der Waals surface area contributed by atoms with E-state index in [0.29, 0.717) is 0 Å². The van der Waals surface area contributed by atoms with E-state index in [2.05, 4.69) is 23.2 Å². The third kappa shape index (κ3) is 11.5. The maximum atomic E-state index is 3.08. The minimum absolute atomic E-state index is 0. The summed E-state index contributed by atoms with van der Waals surface area (Å²) in [4.78, 5) is 3.08. The molecule has 0 amide bonds. The molecule has 0 bridgehead atoms. The molecule has 1 nitrogen and oxygen atoms in total. The van der Waals surface area contributed by atoms with Crippen molar-refractivity contribution in [1.29, 1.82) is 0 Å². The Bertz CT molecular complexity index is 271. The molecule has 1 aliphatic rings. The van der Waals surface area contributed by atoms with Gasteiger partial charge in [0, 0.05) is 0 Å². The first-order valence-electron chi connectivity index (χ1n) is 5.20. The molecule has 1 aromatic heterocycles. The molecule has 1 aliphatic carbocycles. The van der Waals surface area contributed by atoms with E-state index in [-0.39, 0.29) is 19.5 Å². The Morgan fingerprint density at radius 3 is 2.06 bits per heavy atom. The molecule has 0 fully saturated rings. The van der Waals surface area contributed by atoms with Gasteiger partial charge in [0.25, 0.3) is 0 Å². The van der Waals surface area contributed by atoms with Crippen molar-refractivity contribution >= 4 is 0 Å². The molecule has 1 N–H and O–H groups in total. The summed E-state index contributed by atoms with van der Waals surface area (Å²) in [5.41, 5.74) is 2.29. The summed E-state index contributed by atoms with van der Waals surface area (Å²) in [6.45, 7) is 8.01. The second-order valence-corrected chi connectivity index (χ2v) is 3.30. The Balaban J connectivity index is 0. The molecule has 0 unspecified atom stereocenters. The molecule has 0 saturated heterocycles. The molecule has 0 atom stereocenters. The van der Waals surface area contributed by atoms with Gasteiger partial charge in [0.1, 0.15) is 0 Å². The van der Waals surface area contributed by atoms with Crippen LogP contribution in [0.4, 0.5) is 0 Å². The normalized spacial score (nSPS) is 10.8. The molecule has 1 radical (unpaired) electrons. The van der Waals surface area contributed by atoms with Gasteiger partial charge in [-0.15, -0.1) is 12.1 Å². The Labute approximate surface area is 113 Å². The van der Waals surface area contributed by atoms with Gasteiger partial charge in [0.2, 0.25) is 0 Å². The fourth-order valence-electron chi connectivity index (χ4n) is 0.925. The smallest absolute Gasteiger partial charge is 0.456 e. The summed E-state index contributed by atoms with van der Waals surface area (Å²) in [6, 6.07) is 4.95. The van der Waals surface area contributed by atoms with Crippen molar-refractivity contribution in [3.63, 3.8) is 0 Å². The fourth-order valence-corrected chi connectivity index (χ4v) is 0.925. The van der Waals surface area contributed by atoms with Crippen LogP contribution in [-0.4, -0.2) is 4.98 Å². The maximum Gasteiger partial charge on any atom is 3.00 e. The van der Waals surface area contributed by atoms with Crippen LogP contribution in [0.5, 0.6) is 0 Å². The molecule has 0 aromatic carbocycles. The summed E-state index contributed by atoms with van der Waals surface area (Å²) in [5, 5.41) is 0. The fraction of sp³-hybridized carbons (Fsp3) is 0.357. The van der Waals surface area contributed by atoms with E-state index in [1.54, 1.807) is 0 Å². The molecule has 1 aromatic rings. The van der Waals surface area contributed by atoms with Gasteiger partial charge in [-0.2, -0.15) is 19.9 Å². The molecular formula is C14H20NRu. The Kier molecular flexibility index (Phi) is 13.8. The van der Waals surface area contributed by atoms with Crippen molar-refractivity contribution in [2.75, 3.05) is 0 Å². The van der Waals surface area contributed by atoms with E-state index in [9.17, 15) is 0 Å². The summed E-state index contributed by atoms with van der Waals surface area (Å²) in [5.74, 6) is 0. The minimum atomic E-state index is 0. The molecule has 2 heteroatoms. The number of rotatable bonds is 0. The summed E-state index contributed by atoms with van der Waals surface area (Å²) < 4.78 is 0. The van der Waals surface area contributed by atoms with Gasteiger partial charge >= 0.3 is 19.5 Å². The first-order valence-corrected chi connectivity index (χ1v) is 5.20. The van der Waals surface area contributed by atoms with E-state index >= 15 is 0 Å². The van der Waals surface area contributed by atoms with Crippen LogP contribution in [0.25, 0.3) is 0 Å². The van der Waals surface area contributed by atoms with Gasteiger partial charge in [-0.1, -0.05) is 12.6 Å². The number of aryl methyl sites for hydroxylation is 2. The maximum absolute atomic E-state index is 3.08. The summed E-state index contributed by atoms with van der Waals surface area (Å²) in [6.07, 6.45) is 12.0. The van der Waals surface area contributed by atoms with Gasteiger partial charge in [-0.3, -0.25) is 6.08 Å². The van der Waals surface area contributed by atoms with Crippen LogP contribution in [-0.2, 0) is 19.5 Å². The topological polar surface area (TPSA) is 15.8 Å². The molecule has 1 heterocycles. The van der Waals surface area contributed by atoms with Crippen molar-refractivity contribution in [3.05, 3.63) is 54.2 Å². The van der Waals surface area contributed by atoms with E-state index in [1.165, 1.54) is 5.69 Å². The van der Waals surface area contributed by atoms with Gasteiger partial charge in [0.15, 0.2) is 0 Å². The van der Waals surface area contributed by atoms with Crippen LogP contribution in [0.1, 0.15) is 31.7 Å². The number of aromatic amines is 1. The van der Waals surface area contributed by atoms with Crippen LogP contribution < -0.4 is 0 Å². The van der Waals surface area contributed by atoms with Crippen LogP contribution >= 0.6 is 0 Å². The van der Waals surface area contributed by atoms with E-state index in [4.69, 9.17) is 0 Å². The number of H-pyrrole nitrogens is 1. The van der Waals surface area contributed by atoms with Crippen molar-refractivity contribution in [2.45, 2.75) is 34.1 Å². The van der Waals surface area contributed by atoms with Crippen LogP contribution in [0, 0.1) is 32.4 Å². The average molecular weight is 303 g/mol. The average Bonchev–Trinajstić information content (AvgIpc) is 2.81. The van der Waals surface area contributed by atoms with Gasteiger partial charge in [0.05, 0.1) is 0 Å². The first kappa shape index (κ1) is 17.8. The predicted octanol–water partition coefficient (Wildman–Crippen LogP) is 3.97. The number of nitrogens with one attached hydrogen (secondary N) is 1. The van der Waals surface area contributed by atoms with Crippen LogP contribution in [0.2, 0.25) is 0 Å². The third-order valence-corrected chi connectivity index (χ3v) is 1.48. The Morgan fingerprint density at radius 1 is 1.31 bits per heavy atom. The van der Waals surface area contributed by atoms with Gasteiger partial charge < -0.3 is 11.4 Å². The van der Waals surface area contributed by atoms with Crippen molar-refractivity contribution < 1.29 is 19.5 Å². The van der Waals surface area contributed by atoms with Gasteiger partial charge in [-0.25, -0.2) is 24.3 Å². The SMILES string of the molecule is C[CH-]C.Cc1[c-]cc(C)[nH]1.[C-]1=CC=CC1.[Ru+3]. The molecule has 16 heavy (non-hydrogen) atoms. The van der Waals surface area contributed by atoms with Crippen LogP contribution in [0.3, 0.4) is 0 Å². The number of allylic oxidation sites excluding steroid dienone is 4. The van der Waals surface area contributed by atoms with E-state index in [1.807, 2.05) is 52.3 Å². The summed E-state index contributed by atoms with van der Waals surface area (Å²) in [7, 11) is 0. The number of hydrogen-bond donors (Lipinski definition) is 1. The van der Waals surface area contributed by atoms with Crippen LogP contribution in [0.15, 0.2) is 24.3 Å². The molecule has 2 rings (SSSR count). The van der Waals surface area contributed by atoms with Crippen molar-refractivity contribution in [3.8, 4) is 0 Å². The Morgan fingerprint density at radius 2 is 1.94 bits per heavy atom. The molecular weight excluding hydrogens is 283 g/mol. The number of aromatic nitrogens is 1. The number of hydrogen-bond acceptors (Lipinski definition) is 0. The quantitative estimate of drug-likeness (QED) is 0.551. The van der Waals surface area contributed by atoms with E-state index < -0.39 is 0 Å². The standard InChI is InChI=1S/C6H8N.C5H5.C3H7.Ru/c1-5-3-4-6(2)7-5;1-2-4-5-3-1;1-3-2;/h3,7H,1-2H3;1-3H,4H2;3H,1-2H3;/q3*-1;+3. The second-order valence-electron chi connectivity index (χ2n) is 3.30. The monoisotopic (exact) mass is 304 g/mol. The zero-order valence-corrected chi connectivity index (χ0v) is 12.2. The molecule has 0 saturated carbocycles. The summed E-state index contributed by atoms with van der Waals surface area (Å²) >= 11 is 0. The molecule has 0 aliphatic heterocycles. The second kappa shape index (κ2) is 12.5. The minimum Gasteiger partial charge on any atom is -0.456 e. The predicted molar refractivity (Wildman–Crippen MR) is 66.3 cm³/mol. The van der Waals surface area contributed by atoms with Gasteiger partial charge in [-0.05, 0) is 6.92 Å². The van der Waals surface area contributed by atoms with E-state index in [0.717, 1.165) is 12.1 Å². The molecule has 0 spiro atoms. The zero-order valence-electron chi connectivity index (χ0n) is 10.4. The van der Waals surface area contributed by atoms with Crippen molar-refractivity contribution in [1.82, 2.24) is 4.98 Å². The molecule has 89 valence electrons. The zero-order chi connectivity index (χ0) is 11.5. The third-order valence-electron chi connectivity index (χ3n) is 1.48. The first-order chi connectivity index (χ1) is 7.20. The Hall–Kier alpha value is -0.617. The largest absolute Gasteiger partial charge is 3.00 e.